The Morgan fingerprint density at radius 3 is 2.54 bits per heavy atom. The lowest BCUT2D eigenvalue weighted by molar-refractivity contribution is -0.208. The number of hydrogen-bond donors (Lipinski definition) is 1. The van der Waals surface area contributed by atoms with Crippen LogP contribution in [0.1, 0.15) is 46.0 Å². The minimum atomic E-state index is -0.286. The van der Waals surface area contributed by atoms with Crippen LogP contribution >= 0.6 is 0 Å². The fourth-order valence-corrected chi connectivity index (χ4v) is 5.25. The van der Waals surface area contributed by atoms with Gasteiger partial charge in [-0.25, -0.2) is 4.79 Å². The van der Waals surface area contributed by atoms with Crippen LogP contribution in [0.5, 0.6) is 0 Å². The molecule has 2 saturated carbocycles. The summed E-state index contributed by atoms with van der Waals surface area (Å²) in [5.74, 6) is 1.41. The third-order valence-electron chi connectivity index (χ3n) is 6.26. The molecular weight excluding hydrogens is 360 g/mol. The average Bonchev–Trinajstić information content (AvgIpc) is 3.22. The third-order valence-corrected chi connectivity index (χ3v) is 6.26. The van der Waals surface area contributed by atoms with Crippen molar-refractivity contribution in [1.82, 2.24) is 10.2 Å². The topological polar surface area (TPSA) is 69.3 Å². The number of hydrogen-bond acceptors (Lipinski definition) is 5. The number of methoxy groups -OCH3 is 1. The van der Waals surface area contributed by atoms with Gasteiger partial charge in [0.25, 0.3) is 0 Å². The molecule has 1 N–H and O–H groups in total. The van der Waals surface area contributed by atoms with Crippen LogP contribution in [0.4, 0.5) is 4.79 Å². The molecule has 2 aliphatic carbocycles. The van der Waals surface area contributed by atoms with E-state index in [1.54, 1.807) is 7.11 Å². The highest BCUT2D eigenvalue weighted by Crippen LogP contribution is 2.55. The summed E-state index contributed by atoms with van der Waals surface area (Å²) >= 11 is 0. The molecule has 0 unspecified atom stereocenters. The zero-order valence-corrected chi connectivity index (χ0v) is 17.8. The van der Waals surface area contributed by atoms with Gasteiger partial charge in [-0.05, 0) is 57.8 Å². The number of urea groups is 1. The van der Waals surface area contributed by atoms with Crippen LogP contribution in [-0.4, -0.2) is 81.9 Å². The van der Waals surface area contributed by atoms with E-state index in [1.807, 2.05) is 4.90 Å². The molecule has 3 fully saturated rings. The van der Waals surface area contributed by atoms with Crippen molar-refractivity contribution in [3.05, 3.63) is 0 Å². The third kappa shape index (κ3) is 5.59. The Morgan fingerprint density at radius 2 is 1.86 bits per heavy atom. The standard InChI is InChI=1S/C21H38N2O5/c1-20(2)15-23(16-21(28-20)14-17-5-6-18(21)13-17)19(24)22-7-4-8-26-11-12-27-10-9-25-3/h17-18H,4-16H2,1-3H3,(H,22,24)/t17-,18+,21+/m1/s1. The molecule has 7 heteroatoms. The molecule has 0 aromatic rings. The van der Waals surface area contributed by atoms with Crippen LogP contribution in [0.15, 0.2) is 0 Å². The van der Waals surface area contributed by atoms with Crippen molar-refractivity contribution in [2.45, 2.75) is 57.2 Å². The molecule has 2 amide bonds. The zero-order valence-electron chi connectivity index (χ0n) is 17.8. The average molecular weight is 399 g/mol. The summed E-state index contributed by atoms with van der Waals surface area (Å²) < 4.78 is 22.4. The van der Waals surface area contributed by atoms with Crippen LogP contribution in [-0.2, 0) is 18.9 Å². The fourth-order valence-electron chi connectivity index (χ4n) is 5.25. The Labute approximate surface area is 169 Å². The minimum Gasteiger partial charge on any atom is -0.382 e. The molecule has 0 radical (unpaired) electrons. The Bertz CT molecular complexity index is 515. The van der Waals surface area contributed by atoms with Crippen LogP contribution in [0.25, 0.3) is 0 Å². The van der Waals surface area contributed by atoms with E-state index in [9.17, 15) is 4.79 Å². The summed E-state index contributed by atoms with van der Waals surface area (Å²) in [6, 6.07) is 0.0291. The van der Waals surface area contributed by atoms with Gasteiger partial charge in [0.05, 0.1) is 50.7 Å². The summed E-state index contributed by atoms with van der Waals surface area (Å²) in [5.41, 5.74) is -0.403. The van der Waals surface area contributed by atoms with Crippen molar-refractivity contribution in [3.8, 4) is 0 Å². The lowest BCUT2D eigenvalue weighted by atomic mass is 9.81. The van der Waals surface area contributed by atoms with Gasteiger partial charge in [-0.15, -0.1) is 0 Å². The summed E-state index contributed by atoms with van der Waals surface area (Å²) in [4.78, 5) is 14.7. The number of nitrogens with zero attached hydrogens (tertiary/aromatic N) is 1. The predicted octanol–water partition coefficient (Wildman–Crippen LogP) is 2.44. The second-order valence-corrected chi connectivity index (χ2v) is 9.17. The summed E-state index contributed by atoms with van der Waals surface area (Å²) in [7, 11) is 1.66. The van der Waals surface area contributed by atoms with Gasteiger partial charge in [-0.2, -0.15) is 0 Å². The molecule has 1 spiro atoms. The van der Waals surface area contributed by atoms with Gasteiger partial charge in [-0.3, -0.25) is 0 Å². The normalized spacial score (nSPS) is 30.9. The monoisotopic (exact) mass is 398 g/mol. The first kappa shape index (κ1) is 21.8. The number of ether oxygens (including phenoxy) is 4. The van der Waals surface area contributed by atoms with Gasteiger partial charge >= 0.3 is 6.03 Å². The molecule has 28 heavy (non-hydrogen) atoms. The van der Waals surface area contributed by atoms with Gasteiger partial charge in [-0.1, -0.05) is 0 Å². The first-order valence-corrected chi connectivity index (χ1v) is 10.8. The van der Waals surface area contributed by atoms with E-state index >= 15 is 0 Å². The Kier molecular flexibility index (Phi) is 7.59. The van der Waals surface area contributed by atoms with Gasteiger partial charge in [0.2, 0.25) is 0 Å². The van der Waals surface area contributed by atoms with Gasteiger partial charge in [0, 0.05) is 20.3 Å². The van der Waals surface area contributed by atoms with Gasteiger partial charge in [0.1, 0.15) is 0 Å². The maximum absolute atomic E-state index is 12.8. The minimum absolute atomic E-state index is 0.0291. The summed E-state index contributed by atoms with van der Waals surface area (Å²) in [5, 5.41) is 3.06. The molecule has 0 aromatic heterocycles. The van der Waals surface area contributed by atoms with Gasteiger partial charge < -0.3 is 29.2 Å². The molecule has 3 atom stereocenters. The Balaban J connectivity index is 1.34. The maximum atomic E-state index is 12.8. The lowest BCUT2D eigenvalue weighted by Crippen LogP contribution is -2.64. The second kappa shape index (κ2) is 9.74. The van der Waals surface area contributed by atoms with Crippen molar-refractivity contribution in [3.63, 3.8) is 0 Å². The molecule has 1 aliphatic heterocycles. The molecule has 2 bridgehead atoms. The molecule has 162 valence electrons. The van der Waals surface area contributed by atoms with E-state index < -0.39 is 0 Å². The van der Waals surface area contributed by atoms with Crippen molar-refractivity contribution in [1.29, 1.82) is 0 Å². The highest BCUT2D eigenvalue weighted by atomic mass is 16.5. The predicted molar refractivity (Wildman–Crippen MR) is 106 cm³/mol. The SMILES string of the molecule is COCCOCCOCCCNC(=O)N1CC(C)(C)O[C@@]2(C[C@@H]3CC[C@H]2C3)C1. The van der Waals surface area contributed by atoms with E-state index in [1.165, 1.54) is 19.3 Å². The smallest absolute Gasteiger partial charge is 0.317 e. The van der Waals surface area contributed by atoms with Crippen LogP contribution in [0.2, 0.25) is 0 Å². The quantitative estimate of drug-likeness (QED) is 0.573. The summed E-state index contributed by atoms with van der Waals surface area (Å²) in [6.45, 7) is 9.19. The second-order valence-electron chi connectivity index (χ2n) is 9.17. The van der Waals surface area contributed by atoms with Crippen molar-refractivity contribution >= 4 is 6.03 Å². The first-order chi connectivity index (χ1) is 13.4. The molecule has 0 aromatic carbocycles. The number of rotatable bonds is 10. The highest BCUT2D eigenvalue weighted by Gasteiger charge is 2.57. The largest absolute Gasteiger partial charge is 0.382 e. The van der Waals surface area contributed by atoms with Crippen molar-refractivity contribution in [2.24, 2.45) is 11.8 Å². The first-order valence-electron chi connectivity index (χ1n) is 10.8. The maximum Gasteiger partial charge on any atom is 0.317 e. The van der Waals surface area contributed by atoms with Gasteiger partial charge in [0.15, 0.2) is 0 Å². The number of morpholine rings is 1. The number of fused-ring (bicyclic) bond motifs is 3. The fraction of sp³-hybridized carbons (Fsp3) is 0.952. The molecule has 1 saturated heterocycles. The molecule has 3 rings (SSSR count). The van der Waals surface area contributed by atoms with E-state index in [0.717, 1.165) is 25.3 Å². The number of amides is 2. The van der Waals surface area contributed by atoms with E-state index in [0.29, 0.717) is 52.0 Å². The van der Waals surface area contributed by atoms with Crippen LogP contribution in [0.3, 0.4) is 0 Å². The van der Waals surface area contributed by atoms with Crippen molar-refractivity contribution in [2.75, 3.05) is 59.8 Å². The zero-order chi connectivity index (χ0) is 20.0. The van der Waals surface area contributed by atoms with Crippen LogP contribution in [0, 0.1) is 11.8 Å². The Morgan fingerprint density at radius 1 is 1.11 bits per heavy atom. The summed E-state index contributed by atoms with van der Waals surface area (Å²) in [6.07, 6.45) is 5.78. The molecule has 3 aliphatic rings. The van der Waals surface area contributed by atoms with Crippen LogP contribution < -0.4 is 5.32 Å². The number of nitrogens with one attached hydrogen (secondary N) is 1. The van der Waals surface area contributed by atoms with E-state index in [2.05, 4.69) is 19.2 Å². The Hall–Kier alpha value is -0.890. The lowest BCUT2D eigenvalue weighted by Gasteiger charge is -2.52. The number of carbonyl (C=O) groups excluding carboxylic acids is 1. The molecule has 1 heterocycles. The number of carbonyl (C=O) groups is 1. The van der Waals surface area contributed by atoms with E-state index in [4.69, 9.17) is 18.9 Å². The van der Waals surface area contributed by atoms with Crippen molar-refractivity contribution < 1.29 is 23.7 Å². The molecule has 7 nitrogen and oxygen atoms in total. The molecular formula is C21H38N2O5. The van der Waals surface area contributed by atoms with E-state index in [-0.39, 0.29) is 17.2 Å². The highest BCUT2D eigenvalue weighted by molar-refractivity contribution is 5.74.